The lowest BCUT2D eigenvalue weighted by Gasteiger charge is -2.05. The second-order valence-electron chi connectivity index (χ2n) is 11.5. The minimum atomic E-state index is 0. The number of aryl methyl sites for hydroxylation is 4. The number of aromatic nitrogens is 2. The molecule has 0 fully saturated rings. The number of hydrogen-bond donors (Lipinski definition) is 0. The van der Waals surface area contributed by atoms with E-state index in [0.717, 1.165) is 0 Å². The van der Waals surface area contributed by atoms with Gasteiger partial charge in [-0.2, -0.15) is 0 Å². The Morgan fingerprint density at radius 1 is 0.395 bits per heavy atom. The molecular weight excluding hydrogens is 599 g/mol. The molecule has 2 aromatic rings. The van der Waals surface area contributed by atoms with E-state index in [-0.39, 0.29) is 36.4 Å². The van der Waals surface area contributed by atoms with Crippen LogP contribution in [-0.2, 0) is 25.9 Å². The van der Waals surface area contributed by atoms with Crippen molar-refractivity contribution in [1.82, 2.24) is 0 Å². The van der Waals surface area contributed by atoms with Crippen molar-refractivity contribution in [2.75, 3.05) is 0 Å². The quantitative estimate of drug-likeness (QED) is 0.305. The molecule has 2 nitrogen and oxygen atoms in total. The van der Waals surface area contributed by atoms with Gasteiger partial charge in [-0.05, 0) is 50.7 Å². The van der Waals surface area contributed by atoms with Crippen molar-refractivity contribution in [1.29, 1.82) is 0 Å². The van der Waals surface area contributed by atoms with Crippen LogP contribution in [-0.4, -0.2) is 0 Å². The number of hydrogen-bond acceptors (Lipinski definition) is 0. The number of pyridine rings is 2. The Bertz CT molecular complexity index is 747. The van der Waals surface area contributed by atoms with Crippen molar-refractivity contribution in [3.63, 3.8) is 0 Å². The average molecular weight is 655 g/mol. The molecule has 1 aliphatic heterocycles. The van der Waals surface area contributed by atoms with E-state index in [1.54, 1.807) is 0 Å². The van der Waals surface area contributed by atoms with Crippen LogP contribution in [0.25, 0.3) is 0 Å². The van der Waals surface area contributed by atoms with Gasteiger partial charge in [-0.25, -0.2) is 9.13 Å². The van der Waals surface area contributed by atoms with Crippen molar-refractivity contribution in [3.8, 4) is 0 Å². The van der Waals surface area contributed by atoms with Gasteiger partial charge in [0.1, 0.15) is 13.1 Å². The lowest BCUT2D eigenvalue weighted by molar-refractivity contribution is -0.697. The van der Waals surface area contributed by atoms with Gasteiger partial charge in [-0.1, -0.05) is 89.9 Å². The van der Waals surface area contributed by atoms with Gasteiger partial charge in [-0.3, -0.25) is 0 Å². The van der Waals surface area contributed by atoms with Crippen molar-refractivity contribution < 1.29 is 45.5 Å². The number of nitrogens with zero attached hydrogens (tertiary/aromatic N) is 2. The molecule has 1 aliphatic rings. The summed E-state index contributed by atoms with van der Waals surface area (Å²) >= 11 is 0. The van der Waals surface area contributed by atoms with Gasteiger partial charge in [-0.15, -0.1) is 0 Å². The van der Waals surface area contributed by atoms with Crippen LogP contribution in [0.3, 0.4) is 0 Å². The van der Waals surface area contributed by atoms with Gasteiger partial charge in [0.05, 0.1) is 0 Å². The Morgan fingerprint density at radius 2 is 0.684 bits per heavy atom. The van der Waals surface area contributed by atoms with Crippen LogP contribution >= 0.6 is 0 Å². The second-order valence-corrected chi connectivity index (χ2v) is 11.5. The number of rotatable bonds is 0. The summed E-state index contributed by atoms with van der Waals surface area (Å²) in [4.78, 5) is 0. The standard InChI is InChI=1S/C34H56N2.ClH.HI/c1-2-5-9-13-17-23-33-25-21-30-36(31-33)28-20-16-12-8-4-6-10-14-18-24-34-26-22-29-35(32-34)27-19-15-11-7-3-1;;/h21-22,25-26,29-32H,1-20,23-24,27-28H2;2*1H/q+2;;/p-2. The maximum Gasteiger partial charge on any atom is 0.171 e. The Hall–Kier alpha value is -0.680. The van der Waals surface area contributed by atoms with E-state index >= 15 is 0 Å². The van der Waals surface area contributed by atoms with Crippen LogP contribution in [0.15, 0.2) is 49.1 Å². The number of halogens is 2. The zero-order valence-corrected chi connectivity index (χ0v) is 27.2. The fraction of sp³-hybridized carbons (Fsp3) is 0.706. The average Bonchev–Trinajstić information content (AvgIpc) is 2.90. The molecule has 0 saturated carbocycles. The molecule has 0 spiro atoms. The smallest absolute Gasteiger partial charge is 0.171 e. The van der Waals surface area contributed by atoms with Crippen molar-refractivity contribution >= 4 is 0 Å². The summed E-state index contributed by atoms with van der Waals surface area (Å²) in [6, 6.07) is 9.17. The first-order valence-corrected chi connectivity index (χ1v) is 15.9. The molecule has 3 rings (SSSR count). The van der Waals surface area contributed by atoms with E-state index in [1.165, 1.54) is 165 Å². The highest BCUT2D eigenvalue weighted by molar-refractivity contribution is 5.05. The van der Waals surface area contributed by atoms with Crippen LogP contribution in [0, 0.1) is 0 Å². The predicted molar refractivity (Wildman–Crippen MR) is 153 cm³/mol. The van der Waals surface area contributed by atoms with Crippen LogP contribution in [0.1, 0.15) is 140 Å². The Labute approximate surface area is 258 Å². The summed E-state index contributed by atoms with van der Waals surface area (Å²) in [5.74, 6) is 0. The fourth-order valence-electron chi connectivity index (χ4n) is 5.80. The third-order valence-corrected chi connectivity index (χ3v) is 8.10. The molecule has 0 saturated heterocycles. The van der Waals surface area contributed by atoms with E-state index in [1.807, 2.05) is 0 Å². The van der Waals surface area contributed by atoms with E-state index in [2.05, 4.69) is 58.2 Å². The maximum absolute atomic E-state index is 2.43. The van der Waals surface area contributed by atoms with Crippen LogP contribution in [0.4, 0.5) is 0 Å². The minimum Gasteiger partial charge on any atom is -1.00 e. The van der Waals surface area contributed by atoms with Crippen LogP contribution in [0.2, 0.25) is 0 Å². The number of fused-ring (bicyclic) bond motifs is 4. The zero-order valence-electron chi connectivity index (χ0n) is 24.2. The van der Waals surface area contributed by atoms with Gasteiger partial charge in [0.25, 0.3) is 0 Å². The lowest BCUT2D eigenvalue weighted by atomic mass is 10.0. The van der Waals surface area contributed by atoms with Crippen LogP contribution < -0.4 is 45.5 Å². The highest BCUT2D eigenvalue weighted by Crippen LogP contribution is 2.14. The van der Waals surface area contributed by atoms with Gasteiger partial charge >= 0.3 is 0 Å². The normalized spacial score (nSPS) is 18.7. The van der Waals surface area contributed by atoms with Crippen molar-refractivity contribution in [2.24, 2.45) is 0 Å². The zero-order chi connectivity index (χ0) is 24.9. The van der Waals surface area contributed by atoms with Crippen LogP contribution in [0.5, 0.6) is 0 Å². The third kappa shape index (κ3) is 17.1. The Morgan fingerprint density at radius 3 is 1.03 bits per heavy atom. The minimum absolute atomic E-state index is 0. The molecule has 0 radical (unpaired) electrons. The first kappa shape index (κ1) is 35.3. The molecule has 0 N–H and O–H groups in total. The molecule has 0 atom stereocenters. The molecule has 4 heteroatoms. The summed E-state index contributed by atoms with van der Waals surface area (Å²) < 4.78 is 4.87. The topological polar surface area (TPSA) is 7.76 Å². The molecule has 38 heavy (non-hydrogen) atoms. The first-order valence-electron chi connectivity index (χ1n) is 15.9. The molecule has 0 unspecified atom stereocenters. The summed E-state index contributed by atoms with van der Waals surface area (Å²) in [5.41, 5.74) is 3.06. The van der Waals surface area contributed by atoms with Crippen molar-refractivity contribution in [3.05, 3.63) is 60.2 Å². The van der Waals surface area contributed by atoms with Gasteiger partial charge in [0.2, 0.25) is 0 Å². The van der Waals surface area contributed by atoms with E-state index < -0.39 is 0 Å². The Kier molecular flexibility index (Phi) is 22.5. The maximum atomic E-state index is 2.43. The highest BCUT2D eigenvalue weighted by atomic mass is 127. The summed E-state index contributed by atoms with van der Waals surface area (Å²) in [6.45, 7) is 2.38. The lowest BCUT2D eigenvalue weighted by Crippen LogP contribution is -3.00. The molecular formula is C34H56ClIN2. The predicted octanol–water partition coefficient (Wildman–Crippen LogP) is 2.87. The van der Waals surface area contributed by atoms with E-state index in [4.69, 9.17) is 0 Å². The molecule has 0 amide bonds. The van der Waals surface area contributed by atoms with Gasteiger partial charge in [0, 0.05) is 36.1 Å². The first-order chi connectivity index (χ1) is 17.9. The van der Waals surface area contributed by atoms with Gasteiger partial charge < -0.3 is 36.4 Å². The largest absolute Gasteiger partial charge is 1.00 e. The summed E-state index contributed by atoms with van der Waals surface area (Å²) in [6.07, 6.45) is 39.9. The fourth-order valence-corrected chi connectivity index (χ4v) is 5.80. The third-order valence-electron chi connectivity index (χ3n) is 8.10. The monoisotopic (exact) mass is 654 g/mol. The van der Waals surface area contributed by atoms with Crippen molar-refractivity contribution in [2.45, 2.75) is 154 Å². The summed E-state index contributed by atoms with van der Waals surface area (Å²) in [5, 5.41) is 0. The SMILES string of the molecule is [Cl-].[I-].c1cc2c[n+](c1)CCCCCCCCCCCCCc1ccc[n+](c1)CCCCCCCCCCC2. The molecule has 4 bridgehead atoms. The molecule has 0 aliphatic carbocycles. The summed E-state index contributed by atoms with van der Waals surface area (Å²) in [7, 11) is 0. The molecule has 0 aromatic carbocycles. The van der Waals surface area contributed by atoms with E-state index in [9.17, 15) is 0 Å². The molecule has 3 heterocycles. The second kappa shape index (κ2) is 24.1. The molecule has 216 valence electrons. The van der Waals surface area contributed by atoms with E-state index in [0.29, 0.717) is 0 Å². The van der Waals surface area contributed by atoms with Gasteiger partial charge in [0.15, 0.2) is 24.8 Å². The highest BCUT2D eigenvalue weighted by Gasteiger charge is 2.05. The Balaban J connectivity index is 0.00000361. The molecule has 2 aromatic heterocycles.